The van der Waals surface area contributed by atoms with Crippen LogP contribution < -0.4 is 5.32 Å². The van der Waals surface area contributed by atoms with Gasteiger partial charge in [-0.2, -0.15) is 10.1 Å². The Kier molecular flexibility index (Phi) is 3.10. The molecule has 18 heavy (non-hydrogen) atoms. The summed E-state index contributed by atoms with van der Waals surface area (Å²) >= 11 is 0. The molecular formula is C12H17N5O. The molecule has 0 aromatic carbocycles. The van der Waals surface area contributed by atoms with E-state index in [1.165, 1.54) is 12.8 Å². The molecule has 0 aliphatic heterocycles. The molecule has 0 amide bonds. The maximum absolute atomic E-state index is 5.27. The van der Waals surface area contributed by atoms with Crippen molar-refractivity contribution in [1.82, 2.24) is 25.2 Å². The largest absolute Gasteiger partial charge is 0.338 e. The van der Waals surface area contributed by atoms with Crippen LogP contribution in [0.25, 0.3) is 0 Å². The van der Waals surface area contributed by atoms with Crippen LogP contribution in [0.3, 0.4) is 0 Å². The smallest absolute Gasteiger partial charge is 0.243 e. The average Bonchev–Trinajstić information content (AvgIpc) is 2.92. The van der Waals surface area contributed by atoms with Gasteiger partial charge < -0.3 is 9.84 Å². The van der Waals surface area contributed by atoms with E-state index in [2.05, 4.69) is 20.6 Å². The molecule has 1 N–H and O–H groups in total. The highest BCUT2D eigenvalue weighted by atomic mass is 16.5. The number of rotatable bonds is 6. The molecule has 96 valence electrons. The molecule has 1 aliphatic rings. The Balaban J connectivity index is 1.49. The summed E-state index contributed by atoms with van der Waals surface area (Å²) in [6.07, 6.45) is 6.12. The summed E-state index contributed by atoms with van der Waals surface area (Å²) in [6.45, 7) is 3.69. The highest BCUT2D eigenvalue weighted by Gasteiger charge is 2.29. The molecule has 6 heteroatoms. The van der Waals surface area contributed by atoms with Crippen molar-refractivity contribution >= 4 is 0 Å². The lowest BCUT2D eigenvalue weighted by Gasteiger charge is -2.09. The van der Waals surface area contributed by atoms with Gasteiger partial charge in [-0.05, 0) is 25.8 Å². The van der Waals surface area contributed by atoms with Crippen LogP contribution in [0, 0.1) is 0 Å². The minimum atomic E-state index is 0.0839. The summed E-state index contributed by atoms with van der Waals surface area (Å²) in [5.41, 5.74) is 0. The quantitative estimate of drug-likeness (QED) is 0.837. The maximum Gasteiger partial charge on any atom is 0.243 e. The summed E-state index contributed by atoms with van der Waals surface area (Å²) in [7, 11) is 0. The predicted molar refractivity (Wildman–Crippen MR) is 64.9 cm³/mol. The van der Waals surface area contributed by atoms with Gasteiger partial charge in [0.1, 0.15) is 0 Å². The fraction of sp³-hybridized carbons (Fsp3) is 0.583. The van der Waals surface area contributed by atoms with Gasteiger partial charge in [-0.15, -0.1) is 0 Å². The van der Waals surface area contributed by atoms with Crippen molar-refractivity contribution in [3.8, 4) is 0 Å². The Hall–Kier alpha value is -1.69. The van der Waals surface area contributed by atoms with Crippen LogP contribution in [0.5, 0.6) is 0 Å². The molecule has 0 radical (unpaired) electrons. The lowest BCUT2D eigenvalue weighted by molar-refractivity contribution is 0.333. The lowest BCUT2D eigenvalue weighted by atomic mass is 10.3. The average molecular weight is 247 g/mol. The normalized spacial score (nSPS) is 16.9. The van der Waals surface area contributed by atoms with Crippen molar-refractivity contribution in [1.29, 1.82) is 0 Å². The summed E-state index contributed by atoms with van der Waals surface area (Å²) in [5.74, 6) is 2.09. The minimum absolute atomic E-state index is 0.0839. The molecule has 1 saturated carbocycles. The highest BCUT2D eigenvalue weighted by molar-refractivity contribution is 5.04. The van der Waals surface area contributed by atoms with Gasteiger partial charge in [-0.1, -0.05) is 5.16 Å². The van der Waals surface area contributed by atoms with Gasteiger partial charge in [0.15, 0.2) is 5.82 Å². The first-order valence-corrected chi connectivity index (χ1v) is 6.37. The fourth-order valence-electron chi connectivity index (χ4n) is 1.85. The van der Waals surface area contributed by atoms with E-state index in [1.54, 1.807) is 6.20 Å². The molecule has 1 atom stereocenters. The van der Waals surface area contributed by atoms with Crippen LogP contribution in [-0.2, 0) is 6.54 Å². The first-order chi connectivity index (χ1) is 8.83. The molecule has 2 aromatic heterocycles. The molecule has 6 nitrogen and oxygen atoms in total. The molecule has 0 spiro atoms. The second kappa shape index (κ2) is 4.89. The van der Waals surface area contributed by atoms with Crippen molar-refractivity contribution < 1.29 is 4.52 Å². The third-order valence-electron chi connectivity index (χ3n) is 3.12. The molecule has 0 bridgehead atoms. The second-order valence-corrected chi connectivity index (χ2v) is 4.71. The second-order valence-electron chi connectivity index (χ2n) is 4.71. The van der Waals surface area contributed by atoms with Crippen molar-refractivity contribution in [3.63, 3.8) is 0 Å². The summed E-state index contributed by atoms with van der Waals surface area (Å²) in [5, 5.41) is 11.5. The Bertz CT molecular complexity index is 488. The van der Waals surface area contributed by atoms with Crippen LogP contribution in [0.1, 0.15) is 43.4 Å². The van der Waals surface area contributed by atoms with E-state index < -0.39 is 0 Å². The summed E-state index contributed by atoms with van der Waals surface area (Å²) in [4.78, 5) is 4.43. The fourth-order valence-corrected chi connectivity index (χ4v) is 1.85. The van der Waals surface area contributed by atoms with Crippen molar-refractivity contribution in [2.24, 2.45) is 0 Å². The monoisotopic (exact) mass is 247 g/mol. The summed E-state index contributed by atoms with van der Waals surface area (Å²) in [6, 6.07) is 2.00. The molecule has 2 heterocycles. The van der Waals surface area contributed by atoms with E-state index in [9.17, 15) is 0 Å². The molecule has 0 saturated heterocycles. The van der Waals surface area contributed by atoms with Gasteiger partial charge in [-0.3, -0.25) is 4.68 Å². The van der Waals surface area contributed by atoms with Crippen LogP contribution in [0.15, 0.2) is 23.0 Å². The van der Waals surface area contributed by atoms with Crippen LogP contribution in [0.4, 0.5) is 0 Å². The van der Waals surface area contributed by atoms with Gasteiger partial charge in [0, 0.05) is 24.9 Å². The van der Waals surface area contributed by atoms with Gasteiger partial charge in [-0.25, -0.2) is 0 Å². The van der Waals surface area contributed by atoms with E-state index in [-0.39, 0.29) is 6.04 Å². The van der Waals surface area contributed by atoms with E-state index in [4.69, 9.17) is 4.52 Å². The molecule has 2 aromatic rings. The summed E-state index contributed by atoms with van der Waals surface area (Å²) < 4.78 is 7.16. The number of nitrogens with one attached hydrogen (secondary N) is 1. The Morgan fingerprint density at radius 3 is 3.17 bits per heavy atom. The molecule has 3 rings (SSSR count). The van der Waals surface area contributed by atoms with Crippen molar-refractivity contribution in [3.05, 3.63) is 30.2 Å². The number of hydrogen-bond donors (Lipinski definition) is 1. The van der Waals surface area contributed by atoms with Crippen LogP contribution in [0.2, 0.25) is 0 Å². The van der Waals surface area contributed by atoms with E-state index in [0.717, 1.165) is 18.9 Å². The Morgan fingerprint density at radius 1 is 1.56 bits per heavy atom. The number of hydrogen-bond acceptors (Lipinski definition) is 5. The molecule has 1 fully saturated rings. The SMILES string of the molecule is C[C@@H](NCCn1cccn1)c1nc(C2CC2)no1. The third kappa shape index (κ3) is 2.59. The predicted octanol–water partition coefficient (Wildman–Crippen LogP) is 1.49. The minimum Gasteiger partial charge on any atom is -0.338 e. The lowest BCUT2D eigenvalue weighted by Crippen LogP contribution is -2.23. The topological polar surface area (TPSA) is 68.8 Å². The first-order valence-electron chi connectivity index (χ1n) is 6.37. The van der Waals surface area contributed by atoms with Gasteiger partial charge in [0.2, 0.25) is 5.89 Å². The van der Waals surface area contributed by atoms with Gasteiger partial charge in [0.25, 0.3) is 0 Å². The number of nitrogens with zero attached hydrogens (tertiary/aromatic N) is 4. The number of aromatic nitrogens is 4. The van der Waals surface area contributed by atoms with E-state index in [0.29, 0.717) is 11.8 Å². The van der Waals surface area contributed by atoms with E-state index in [1.807, 2.05) is 23.9 Å². The van der Waals surface area contributed by atoms with E-state index >= 15 is 0 Å². The highest BCUT2D eigenvalue weighted by Crippen LogP contribution is 2.38. The molecule has 0 unspecified atom stereocenters. The molecule has 1 aliphatic carbocycles. The zero-order valence-electron chi connectivity index (χ0n) is 10.4. The maximum atomic E-state index is 5.27. The van der Waals surface area contributed by atoms with Gasteiger partial charge >= 0.3 is 0 Å². The van der Waals surface area contributed by atoms with Crippen LogP contribution >= 0.6 is 0 Å². The zero-order valence-corrected chi connectivity index (χ0v) is 10.4. The Labute approximate surface area is 105 Å². The standard InChI is InChI=1S/C12H17N5O/c1-9(13-6-8-17-7-2-5-14-17)12-15-11(16-18-12)10-3-4-10/h2,5,7,9-10,13H,3-4,6,8H2,1H3/t9-/m1/s1. The molecular weight excluding hydrogens is 230 g/mol. The zero-order chi connectivity index (χ0) is 12.4. The van der Waals surface area contributed by atoms with Gasteiger partial charge in [0.05, 0.1) is 12.6 Å². The first kappa shape index (κ1) is 11.4. The van der Waals surface area contributed by atoms with Crippen molar-refractivity contribution in [2.45, 2.75) is 38.3 Å². The Morgan fingerprint density at radius 2 is 2.44 bits per heavy atom. The third-order valence-corrected chi connectivity index (χ3v) is 3.12. The van der Waals surface area contributed by atoms with Crippen molar-refractivity contribution in [2.75, 3.05) is 6.54 Å². The van der Waals surface area contributed by atoms with Crippen LogP contribution in [-0.4, -0.2) is 26.5 Å².